The highest BCUT2D eigenvalue weighted by Gasteiger charge is 2.15. The number of aliphatic hydroxyl groups is 1. The molecule has 2 aromatic carbocycles. The summed E-state index contributed by atoms with van der Waals surface area (Å²) >= 11 is 0. The Labute approximate surface area is 168 Å². The van der Waals surface area contributed by atoms with E-state index in [0.29, 0.717) is 22.8 Å². The molecule has 0 bridgehead atoms. The number of carbonyl (C=O) groups is 1. The van der Waals surface area contributed by atoms with Crippen LogP contribution in [0.4, 0.5) is 0 Å². The Balaban J connectivity index is 0.00000145. The van der Waals surface area contributed by atoms with Crippen LogP contribution in [0.3, 0.4) is 0 Å². The molecule has 0 aliphatic rings. The Morgan fingerprint density at radius 1 is 1.00 bits per heavy atom. The maximum Gasteiger partial charge on any atom is 0.351 e. The van der Waals surface area contributed by atoms with E-state index in [-0.39, 0.29) is 19.2 Å². The topological polar surface area (TPSA) is 98.3 Å². The number of hydrogen-bond acceptors (Lipinski definition) is 6. The van der Waals surface area contributed by atoms with Gasteiger partial charge in [-0.2, -0.15) is 0 Å². The molecule has 7 heteroatoms. The van der Waals surface area contributed by atoms with Crippen LogP contribution in [0.5, 0.6) is 11.5 Å². The second kappa shape index (κ2) is 10.8. The van der Waals surface area contributed by atoms with Crippen LogP contribution in [0, 0.1) is 11.8 Å². The molecule has 3 aromatic rings. The van der Waals surface area contributed by atoms with Gasteiger partial charge in [0, 0.05) is 10.7 Å². The summed E-state index contributed by atoms with van der Waals surface area (Å²) in [7, 11) is 0. The van der Waals surface area contributed by atoms with Crippen molar-refractivity contribution in [1.82, 2.24) is 0 Å². The molecule has 1 heterocycles. The number of rotatable bonds is 7. The minimum absolute atomic E-state index is 0.0959. The predicted molar refractivity (Wildman–Crippen MR) is 109 cm³/mol. The van der Waals surface area contributed by atoms with Crippen molar-refractivity contribution < 1.29 is 23.8 Å². The Hall–Kier alpha value is -3.45. The zero-order valence-electron chi connectivity index (χ0n) is 16.5. The van der Waals surface area contributed by atoms with Gasteiger partial charge in [-0.25, -0.2) is 0 Å². The van der Waals surface area contributed by atoms with E-state index in [4.69, 9.17) is 19.0 Å². The van der Waals surface area contributed by atoms with Crippen molar-refractivity contribution in [3.05, 3.63) is 76.6 Å². The van der Waals surface area contributed by atoms with Crippen LogP contribution < -0.4 is 9.47 Å². The van der Waals surface area contributed by atoms with Crippen LogP contribution >= 0.6 is 0 Å². The Kier molecular flexibility index (Phi) is 8.12. The monoisotopic (exact) mass is 397 g/mol. The molecule has 3 rings (SSSR count). The molecule has 29 heavy (non-hydrogen) atoms. The first-order chi connectivity index (χ1) is 14.1. The summed E-state index contributed by atoms with van der Waals surface area (Å²) in [5, 5.41) is 11.2. The summed E-state index contributed by atoms with van der Waals surface area (Å²) in [5.41, 5.74) is 2.58. The summed E-state index contributed by atoms with van der Waals surface area (Å²) in [5.74, 6) is 0.686. The first kappa shape index (κ1) is 21.8. The lowest BCUT2D eigenvalue weighted by Gasteiger charge is -2.08. The average molecular weight is 397 g/mol. The fourth-order valence-corrected chi connectivity index (χ4v) is 2.56. The highest BCUT2D eigenvalue weighted by Crippen LogP contribution is 2.26. The lowest BCUT2D eigenvalue weighted by Crippen LogP contribution is -1.96. The smallest absolute Gasteiger partial charge is 0.351 e. The lowest BCUT2D eigenvalue weighted by atomic mass is 10.1. The fraction of sp³-hybridized carbons (Fsp3) is 0.227. The van der Waals surface area contributed by atoms with Crippen LogP contribution in [0.2, 0.25) is 0 Å². The molecule has 1 amide bonds. The molecule has 152 valence electrons. The van der Waals surface area contributed by atoms with Gasteiger partial charge in [0.1, 0.15) is 23.9 Å². The van der Waals surface area contributed by atoms with E-state index >= 15 is 0 Å². The average Bonchev–Trinajstić information content (AvgIpc) is 3.14. The van der Waals surface area contributed by atoms with E-state index in [1.807, 2.05) is 56.3 Å². The molecule has 0 unspecified atom stereocenters. The first-order valence-electron chi connectivity index (χ1n) is 9.14. The van der Waals surface area contributed by atoms with E-state index in [2.05, 4.69) is 5.18 Å². The number of nitroso groups, excluding NO2 is 1. The SMILES string of the molecule is CC.Cc1oc(C(=O)N=O)cc1COc1ccc(-c2cccc(OCO)c2)cc1. The van der Waals surface area contributed by atoms with Gasteiger partial charge in [-0.3, -0.25) is 4.79 Å². The third-order valence-corrected chi connectivity index (χ3v) is 3.96. The number of carbonyl (C=O) groups excluding carboxylic acids is 1. The van der Waals surface area contributed by atoms with Crippen molar-refractivity contribution in [1.29, 1.82) is 0 Å². The Morgan fingerprint density at radius 3 is 2.38 bits per heavy atom. The summed E-state index contributed by atoms with van der Waals surface area (Å²) in [6, 6.07) is 16.3. The van der Waals surface area contributed by atoms with Crippen LogP contribution in [-0.4, -0.2) is 17.8 Å². The lowest BCUT2D eigenvalue weighted by molar-refractivity contribution is 0.0971. The van der Waals surface area contributed by atoms with E-state index in [1.54, 1.807) is 13.0 Å². The van der Waals surface area contributed by atoms with Gasteiger partial charge >= 0.3 is 5.91 Å². The summed E-state index contributed by atoms with van der Waals surface area (Å²) in [4.78, 5) is 21.6. The highest BCUT2D eigenvalue weighted by molar-refractivity contribution is 5.92. The zero-order chi connectivity index (χ0) is 21.2. The molecule has 0 atom stereocenters. The largest absolute Gasteiger partial charge is 0.489 e. The van der Waals surface area contributed by atoms with Gasteiger partial charge in [-0.15, -0.1) is 4.91 Å². The van der Waals surface area contributed by atoms with Crippen molar-refractivity contribution in [3.63, 3.8) is 0 Å². The molecule has 1 aromatic heterocycles. The fourth-order valence-electron chi connectivity index (χ4n) is 2.56. The first-order valence-corrected chi connectivity index (χ1v) is 9.14. The van der Waals surface area contributed by atoms with Gasteiger partial charge in [0.05, 0.1) is 0 Å². The summed E-state index contributed by atoms with van der Waals surface area (Å²) in [6.45, 7) is 5.51. The van der Waals surface area contributed by atoms with E-state index in [0.717, 1.165) is 11.1 Å². The standard InChI is InChI=1S/C20H17NO6.C2H6/c1-13-16(10-19(27-13)20(23)21-24)11-25-17-7-5-14(6-8-17)15-3-2-4-18(9-15)26-12-22;1-2/h2-10,22H,11-12H2,1H3;1-2H3. The van der Waals surface area contributed by atoms with Gasteiger partial charge in [-0.05, 0) is 48.4 Å². The van der Waals surface area contributed by atoms with Crippen LogP contribution in [0.1, 0.15) is 35.7 Å². The van der Waals surface area contributed by atoms with Gasteiger partial charge in [0.25, 0.3) is 0 Å². The maximum absolute atomic E-state index is 11.3. The van der Waals surface area contributed by atoms with Crippen LogP contribution in [-0.2, 0) is 6.61 Å². The number of aliphatic hydroxyl groups excluding tert-OH is 1. The Bertz CT molecular complexity index is 946. The van der Waals surface area contributed by atoms with E-state index in [9.17, 15) is 9.70 Å². The molecule has 1 N–H and O–H groups in total. The number of aryl methyl sites for hydroxylation is 1. The highest BCUT2D eigenvalue weighted by atomic mass is 16.6. The number of nitrogens with zero attached hydrogens (tertiary/aromatic N) is 1. The molecule has 7 nitrogen and oxygen atoms in total. The molecular weight excluding hydrogens is 374 g/mol. The normalized spacial score (nSPS) is 9.93. The third kappa shape index (κ3) is 5.76. The van der Waals surface area contributed by atoms with Crippen molar-refractivity contribution in [3.8, 4) is 22.6 Å². The molecule has 0 aliphatic heterocycles. The van der Waals surface area contributed by atoms with Gasteiger partial charge < -0.3 is 19.0 Å². The second-order valence-electron chi connectivity index (χ2n) is 5.70. The van der Waals surface area contributed by atoms with E-state index in [1.165, 1.54) is 6.07 Å². The zero-order valence-corrected chi connectivity index (χ0v) is 16.5. The third-order valence-electron chi connectivity index (χ3n) is 3.96. The van der Waals surface area contributed by atoms with Crippen molar-refractivity contribution in [2.75, 3.05) is 6.79 Å². The van der Waals surface area contributed by atoms with Gasteiger partial charge in [0.15, 0.2) is 12.6 Å². The molecule has 0 saturated carbocycles. The number of amides is 1. The van der Waals surface area contributed by atoms with Gasteiger partial charge in [-0.1, -0.05) is 38.1 Å². The van der Waals surface area contributed by atoms with Crippen molar-refractivity contribution >= 4 is 5.91 Å². The minimum Gasteiger partial charge on any atom is -0.489 e. The summed E-state index contributed by atoms with van der Waals surface area (Å²) in [6.07, 6.45) is 0. The Morgan fingerprint density at radius 2 is 1.72 bits per heavy atom. The maximum atomic E-state index is 11.3. The second-order valence-corrected chi connectivity index (χ2v) is 5.70. The molecule has 0 aliphatic carbocycles. The molecule has 0 fully saturated rings. The molecule has 0 radical (unpaired) electrons. The number of benzene rings is 2. The predicted octanol–water partition coefficient (Wildman–Crippen LogP) is 5.10. The van der Waals surface area contributed by atoms with Gasteiger partial charge in [0.2, 0.25) is 0 Å². The number of hydrogen-bond donors (Lipinski definition) is 1. The molecular formula is C22H23NO6. The quantitative estimate of drug-likeness (QED) is 0.440. The summed E-state index contributed by atoms with van der Waals surface area (Å²) < 4.78 is 16.0. The number of ether oxygens (including phenoxy) is 2. The van der Waals surface area contributed by atoms with E-state index < -0.39 is 5.91 Å². The van der Waals surface area contributed by atoms with Crippen molar-refractivity contribution in [2.45, 2.75) is 27.4 Å². The molecule has 0 saturated heterocycles. The number of furan rings is 1. The van der Waals surface area contributed by atoms with Crippen LogP contribution in [0.15, 0.2) is 64.2 Å². The molecule has 0 spiro atoms. The van der Waals surface area contributed by atoms with Crippen molar-refractivity contribution in [2.24, 2.45) is 5.18 Å². The minimum atomic E-state index is -0.943. The van der Waals surface area contributed by atoms with Crippen LogP contribution in [0.25, 0.3) is 11.1 Å².